The van der Waals surface area contributed by atoms with E-state index in [4.69, 9.17) is 4.74 Å². The van der Waals surface area contributed by atoms with E-state index in [1.807, 2.05) is 24.3 Å². The molecule has 1 fully saturated rings. The Morgan fingerprint density at radius 1 is 1.19 bits per heavy atom. The molecule has 0 aliphatic carbocycles. The lowest BCUT2D eigenvalue weighted by Crippen LogP contribution is -2.36. The average molecular weight is 425 g/mol. The van der Waals surface area contributed by atoms with Gasteiger partial charge >= 0.3 is 0 Å². The number of pyridine rings is 1. The van der Waals surface area contributed by atoms with E-state index in [1.54, 1.807) is 6.20 Å². The maximum atomic E-state index is 12.9. The van der Waals surface area contributed by atoms with Gasteiger partial charge in [0.25, 0.3) is 0 Å². The van der Waals surface area contributed by atoms with Crippen LogP contribution in [0.25, 0.3) is 10.9 Å². The Balaban J connectivity index is 1.59. The monoisotopic (exact) mass is 424 g/mol. The van der Waals surface area contributed by atoms with E-state index in [9.17, 15) is 4.79 Å². The predicted octanol–water partition coefficient (Wildman–Crippen LogP) is 6.57. The summed E-state index contributed by atoms with van der Waals surface area (Å²) in [7, 11) is 0. The third-order valence-electron chi connectivity index (χ3n) is 6.81. The van der Waals surface area contributed by atoms with Crippen molar-refractivity contribution in [2.45, 2.75) is 84.7 Å². The Labute approximate surface area is 188 Å². The summed E-state index contributed by atoms with van der Waals surface area (Å²) in [6, 6.07) is 8.00. The molecule has 1 N–H and O–H groups in total. The number of Topliss-reactive ketones (excluding diaryl/α,β-unsaturated/α-hetero) is 1. The van der Waals surface area contributed by atoms with Crippen molar-refractivity contribution >= 4 is 16.7 Å². The standard InChI is InChI=1S/C27H40N2O2/c1-4-6-7-8-9-20(3)31-25-11-12-26-23(17-25)16-24(19-29-26)27(30)13-10-22-14-15-28-18-21(22)5-2/h11-12,16-17,19-22,28H,4-10,13-15,18H2,1-3H3. The quantitative estimate of drug-likeness (QED) is 0.309. The molecule has 3 rings (SSSR count). The van der Waals surface area contributed by atoms with E-state index >= 15 is 0 Å². The minimum Gasteiger partial charge on any atom is -0.491 e. The van der Waals surface area contributed by atoms with E-state index in [2.05, 4.69) is 31.1 Å². The fourth-order valence-corrected chi connectivity index (χ4v) is 4.78. The van der Waals surface area contributed by atoms with Gasteiger partial charge in [0, 0.05) is 23.6 Å². The molecule has 1 aliphatic rings. The number of nitrogens with zero attached hydrogens (tertiary/aromatic N) is 1. The maximum absolute atomic E-state index is 12.9. The Morgan fingerprint density at radius 3 is 2.87 bits per heavy atom. The van der Waals surface area contributed by atoms with Gasteiger partial charge in [-0.2, -0.15) is 0 Å². The van der Waals surface area contributed by atoms with Crippen molar-refractivity contribution < 1.29 is 9.53 Å². The first-order chi connectivity index (χ1) is 15.1. The number of nitrogens with one attached hydrogen (secondary N) is 1. The zero-order valence-electron chi connectivity index (χ0n) is 19.7. The molecule has 170 valence electrons. The zero-order valence-corrected chi connectivity index (χ0v) is 19.7. The normalized spacial score (nSPS) is 20.0. The van der Waals surface area contributed by atoms with Gasteiger partial charge in [0.2, 0.25) is 0 Å². The van der Waals surface area contributed by atoms with Crippen LogP contribution in [0.5, 0.6) is 5.75 Å². The highest BCUT2D eigenvalue weighted by Gasteiger charge is 2.24. The van der Waals surface area contributed by atoms with E-state index < -0.39 is 0 Å². The first-order valence-corrected chi connectivity index (χ1v) is 12.4. The van der Waals surface area contributed by atoms with Crippen molar-refractivity contribution in [2.24, 2.45) is 11.8 Å². The third-order valence-corrected chi connectivity index (χ3v) is 6.81. The first-order valence-electron chi connectivity index (χ1n) is 12.4. The molecule has 0 saturated carbocycles. The van der Waals surface area contributed by atoms with Crippen LogP contribution in [0.1, 0.15) is 88.9 Å². The molecule has 4 heteroatoms. The number of benzene rings is 1. The van der Waals surface area contributed by atoms with Crippen LogP contribution in [0.4, 0.5) is 0 Å². The summed E-state index contributed by atoms with van der Waals surface area (Å²) in [6.45, 7) is 8.79. The fourth-order valence-electron chi connectivity index (χ4n) is 4.78. The van der Waals surface area contributed by atoms with E-state index in [1.165, 1.54) is 38.5 Å². The van der Waals surface area contributed by atoms with Gasteiger partial charge in [0.05, 0.1) is 11.6 Å². The summed E-state index contributed by atoms with van der Waals surface area (Å²) in [5.74, 6) is 2.42. The molecule has 1 aromatic heterocycles. The van der Waals surface area contributed by atoms with Crippen LogP contribution in [0.2, 0.25) is 0 Å². The molecule has 31 heavy (non-hydrogen) atoms. The lowest BCUT2D eigenvalue weighted by atomic mass is 9.81. The Bertz CT molecular complexity index is 835. The number of ketones is 1. The number of hydrogen-bond acceptors (Lipinski definition) is 4. The summed E-state index contributed by atoms with van der Waals surface area (Å²) < 4.78 is 6.14. The number of hydrogen-bond donors (Lipinski definition) is 1. The number of piperidine rings is 1. The summed E-state index contributed by atoms with van der Waals surface area (Å²) in [4.78, 5) is 17.4. The molecule has 0 spiro atoms. The molecule has 1 saturated heterocycles. The first kappa shape index (κ1) is 23.7. The van der Waals surface area contributed by atoms with Crippen LogP contribution >= 0.6 is 0 Å². The summed E-state index contributed by atoms with van der Waals surface area (Å²) in [5, 5.41) is 4.47. The number of fused-ring (bicyclic) bond motifs is 1. The van der Waals surface area contributed by atoms with Gasteiger partial charge < -0.3 is 10.1 Å². The summed E-state index contributed by atoms with van der Waals surface area (Å²) >= 11 is 0. The molecule has 0 radical (unpaired) electrons. The van der Waals surface area contributed by atoms with Crippen molar-refractivity contribution in [1.29, 1.82) is 0 Å². The molecule has 3 atom stereocenters. The Kier molecular flexibility index (Phi) is 9.32. The van der Waals surface area contributed by atoms with Crippen LogP contribution in [-0.2, 0) is 0 Å². The number of carbonyl (C=O) groups is 1. The van der Waals surface area contributed by atoms with Crippen LogP contribution < -0.4 is 10.1 Å². The molecular weight excluding hydrogens is 384 g/mol. The van der Waals surface area contributed by atoms with Gasteiger partial charge in [-0.1, -0.05) is 39.5 Å². The molecule has 2 aromatic rings. The number of rotatable bonds is 12. The Morgan fingerprint density at radius 2 is 2.06 bits per heavy atom. The van der Waals surface area contributed by atoms with Gasteiger partial charge in [-0.15, -0.1) is 0 Å². The van der Waals surface area contributed by atoms with E-state index in [0.29, 0.717) is 18.3 Å². The molecule has 3 unspecified atom stereocenters. The molecule has 0 amide bonds. The minimum absolute atomic E-state index is 0.198. The number of carbonyl (C=O) groups excluding carboxylic acids is 1. The van der Waals surface area contributed by atoms with E-state index in [0.717, 1.165) is 48.1 Å². The van der Waals surface area contributed by atoms with Gasteiger partial charge in [-0.05, 0) is 81.8 Å². The second-order valence-corrected chi connectivity index (χ2v) is 9.24. The third kappa shape index (κ3) is 7.03. The predicted molar refractivity (Wildman–Crippen MR) is 129 cm³/mol. The number of unbranched alkanes of at least 4 members (excludes halogenated alkanes) is 3. The van der Waals surface area contributed by atoms with Gasteiger partial charge in [0.1, 0.15) is 5.75 Å². The maximum Gasteiger partial charge on any atom is 0.164 e. The van der Waals surface area contributed by atoms with Crippen molar-refractivity contribution in [3.63, 3.8) is 0 Å². The summed E-state index contributed by atoms with van der Waals surface area (Å²) in [6.07, 6.45) is 12.0. The van der Waals surface area contributed by atoms with Crippen LogP contribution in [-0.4, -0.2) is 30.0 Å². The average Bonchev–Trinajstić information content (AvgIpc) is 2.80. The SMILES string of the molecule is CCCCCCC(C)Oc1ccc2ncc(C(=O)CCC3CCNCC3CC)cc2c1. The Hall–Kier alpha value is -1.94. The smallest absolute Gasteiger partial charge is 0.164 e. The van der Waals surface area contributed by atoms with Gasteiger partial charge in [0.15, 0.2) is 5.78 Å². The molecule has 0 bridgehead atoms. The van der Waals surface area contributed by atoms with Crippen molar-refractivity contribution in [3.05, 3.63) is 36.0 Å². The van der Waals surface area contributed by atoms with Crippen molar-refractivity contribution in [3.8, 4) is 5.75 Å². The minimum atomic E-state index is 0.198. The zero-order chi connectivity index (χ0) is 22.1. The molecule has 4 nitrogen and oxygen atoms in total. The fraction of sp³-hybridized carbons (Fsp3) is 0.630. The largest absolute Gasteiger partial charge is 0.491 e. The van der Waals surface area contributed by atoms with Crippen molar-refractivity contribution in [1.82, 2.24) is 10.3 Å². The van der Waals surface area contributed by atoms with E-state index in [-0.39, 0.29) is 11.9 Å². The van der Waals surface area contributed by atoms with Crippen LogP contribution in [0, 0.1) is 11.8 Å². The number of ether oxygens (including phenoxy) is 1. The second kappa shape index (κ2) is 12.2. The highest BCUT2D eigenvalue weighted by molar-refractivity contribution is 5.98. The lowest BCUT2D eigenvalue weighted by molar-refractivity contribution is 0.0962. The second-order valence-electron chi connectivity index (χ2n) is 9.24. The molecule has 1 aromatic carbocycles. The van der Waals surface area contributed by atoms with Gasteiger partial charge in [-0.25, -0.2) is 0 Å². The highest BCUT2D eigenvalue weighted by atomic mass is 16.5. The molecule has 1 aliphatic heterocycles. The highest BCUT2D eigenvalue weighted by Crippen LogP contribution is 2.28. The van der Waals surface area contributed by atoms with Crippen LogP contribution in [0.3, 0.4) is 0 Å². The van der Waals surface area contributed by atoms with Crippen molar-refractivity contribution in [2.75, 3.05) is 13.1 Å². The van der Waals surface area contributed by atoms with Crippen LogP contribution in [0.15, 0.2) is 30.5 Å². The lowest BCUT2D eigenvalue weighted by Gasteiger charge is -2.31. The molecular formula is C27H40N2O2. The summed E-state index contributed by atoms with van der Waals surface area (Å²) in [5.41, 5.74) is 1.63. The van der Waals surface area contributed by atoms with Gasteiger partial charge in [-0.3, -0.25) is 9.78 Å². The topological polar surface area (TPSA) is 51.2 Å². The molecule has 2 heterocycles. The number of aromatic nitrogens is 1.